The molecule has 10 heteroatoms. The second kappa shape index (κ2) is 11.1. The summed E-state index contributed by atoms with van der Waals surface area (Å²) in [5.41, 5.74) is 2.54. The van der Waals surface area contributed by atoms with Crippen molar-refractivity contribution in [1.29, 1.82) is 0 Å². The first-order chi connectivity index (χ1) is 16.5. The molecule has 1 saturated heterocycles. The Hall–Kier alpha value is -2.75. The van der Waals surface area contributed by atoms with E-state index in [-0.39, 0.29) is 24.5 Å². The summed E-state index contributed by atoms with van der Waals surface area (Å²) in [7, 11) is 1.31. The minimum Gasteiger partial charge on any atom is -0.468 e. The third-order valence-electron chi connectivity index (χ3n) is 6.00. The van der Waals surface area contributed by atoms with Crippen molar-refractivity contribution in [3.05, 3.63) is 40.5 Å². The van der Waals surface area contributed by atoms with Crippen molar-refractivity contribution in [3.8, 4) is 11.3 Å². The summed E-state index contributed by atoms with van der Waals surface area (Å²) >= 11 is 6.44. The molecule has 0 aliphatic carbocycles. The lowest BCUT2D eigenvalue weighted by atomic mass is 10.0. The van der Waals surface area contributed by atoms with Gasteiger partial charge in [-0.2, -0.15) is 0 Å². The van der Waals surface area contributed by atoms with Crippen LogP contribution >= 0.6 is 11.6 Å². The first-order valence-corrected chi connectivity index (χ1v) is 11.9. The predicted molar refractivity (Wildman–Crippen MR) is 127 cm³/mol. The molecule has 2 aliphatic heterocycles. The highest BCUT2D eigenvalue weighted by molar-refractivity contribution is 6.33. The smallest absolute Gasteiger partial charge is 0.325 e. The Morgan fingerprint density at radius 2 is 2.12 bits per heavy atom. The number of methoxy groups -OCH3 is 1. The molecule has 1 aromatic carbocycles. The monoisotopic (exact) mass is 488 g/mol. The minimum atomic E-state index is -0.482. The number of esters is 1. The summed E-state index contributed by atoms with van der Waals surface area (Å²) in [6.45, 7) is 4.16. The van der Waals surface area contributed by atoms with Crippen LogP contribution in [0.1, 0.15) is 48.1 Å². The van der Waals surface area contributed by atoms with Crippen LogP contribution in [0.5, 0.6) is 0 Å². The fourth-order valence-corrected chi connectivity index (χ4v) is 4.41. The SMILES string of the molecule is CCCOCC1c2ccc(-c3nc(NC4CCOCC4)ncc3Cl)cc2C(=O)N1CC(=O)OC. The van der Waals surface area contributed by atoms with E-state index in [0.29, 0.717) is 54.2 Å². The Labute approximate surface area is 203 Å². The van der Waals surface area contributed by atoms with Gasteiger partial charge in [-0.15, -0.1) is 0 Å². The highest BCUT2D eigenvalue weighted by Gasteiger charge is 2.38. The van der Waals surface area contributed by atoms with Crippen molar-refractivity contribution in [2.45, 2.75) is 38.3 Å². The molecule has 2 aromatic rings. The number of benzene rings is 1. The summed E-state index contributed by atoms with van der Waals surface area (Å²) in [6, 6.07) is 5.40. The summed E-state index contributed by atoms with van der Waals surface area (Å²) in [6.07, 6.45) is 4.18. The number of anilines is 1. The third-order valence-corrected chi connectivity index (χ3v) is 6.28. The molecule has 34 heavy (non-hydrogen) atoms. The molecule has 3 heterocycles. The van der Waals surface area contributed by atoms with E-state index in [2.05, 4.69) is 15.3 Å². The quantitative estimate of drug-likeness (QED) is 0.422. The van der Waals surface area contributed by atoms with E-state index >= 15 is 0 Å². The largest absolute Gasteiger partial charge is 0.468 e. The van der Waals surface area contributed by atoms with Crippen LogP contribution < -0.4 is 5.32 Å². The van der Waals surface area contributed by atoms with Crippen molar-refractivity contribution in [2.24, 2.45) is 0 Å². The predicted octanol–water partition coefficient (Wildman–Crippen LogP) is 3.48. The highest BCUT2D eigenvalue weighted by Crippen LogP contribution is 2.37. The zero-order valence-corrected chi connectivity index (χ0v) is 20.1. The maximum Gasteiger partial charge on any atom is 0.325 e. The Morgan fingerprint density at radius 1 is 1.32 bits per heavy atom. The molecule has 4 rings (SSSR count). The van der Waals surface area contributed by atoms with Gasteiger partial charge in [0.25, 0.3) is 5.91 Å². The first kappa shape index (κ1) is 24.4. The number of nitrogens with zero attached hydrogens (tertiary/aromatic N) is 3. The van der Waals surface area contributed by atoms with Crippen molar-refractivity contribution in [1.82, 2.24) is 14.9 Å². The first-order valence-electron chi connectivity index (χ1n) is 11.5. The van der Waals surface area contributed by atoms with Gasteiger partial charge in [-0.05, 0) is 30.9 Å². The van der Waals surface area contributed by atoms with Crippen molar-refractivity contribution >= 4 is 29.4 Å². The average molecular weight is 489 g/mol. The number of halogens is 1. The Morgan fingerprint density at radius 3 is 2.85 bits per heavy atom. The van der Waals surface area contributed by atoms with Crippen LogP contribution in [-0.2, 0) is 19.0 Å². The van der Waals surface area contributed by atoms with Crippen LogP contribution in [-0.4, -0.2) is 72.9 Å². The number of carbonyl (C=O) groups is 2. The van der Waals surface area contributed by atoms with E-state index in [4.69, 9.17) is 25.8 Å². The molecule has 1 fully saturated rings. The highest BCUT2D eigenvalue weighted by atomic mass is 35.5. The molecule has 2 aliphatic rings. The van der Waals surface area contributed by atoms with Crippen LogP contribution in [0.25, 0.3) is 11.3 Å². The van der Waals surface area contributed by atoms with Gasteiger partial charge < -0.3 is 24.4 Å². The summed E-state index contributed by atoms with van der Waals surface area (Å²) in [4.78, 5) is 35.7. The molecule has 1 aromatic heterocycles. The number of fused-ring (bicyclic) bond motifs is 1. The van der Waals surface area contributed by atoms with Crippen LogP contribution in [0.15, 0.2) is 24.4 Å². The number of ether oxygens (including phenoxy) is 3. The molecule has 1 unspecified atom stereocenters. The average Bonchev–Trinajstić information content (AvgIpc) is 3.11. The fraction of sp³-hybridized carbons (Fsp3) is 0.500. The van der Waals surface area contributed by atoms with Crippen molar-refractivity contribution in [3.63, 3.8) is 0 Å². The molecule has 9 nitrogen and oxygen atoms in total. The lowest BCUT2D eigenvalue weighted by molar-refractivity contribution is -0.142. The molecular formula is C24H29ClN4O5. The maximum absolute atomic E-state index is 13.3. The van der Waals surface area contributed by atoms with Gasteiger partial charge in [0.1, 0.15) is 6.54 Å². The van der Waals surface area contributed by atoms with E-state index in [0.717, 1.165) is 24.8 Å². The van der Waals surface area contributed by atoms with Crippen molar-refractivity contribution in [2.75, 3.05) is 45.4 Å². The molecule has 182 valence electrons. The Kier molecular flexibility index (Phi) is 7.97. The number of hydrogen-bond acceptors (Lipinski definition) is 8. The molecule has 1 amide bonds. The van der Waals surface area contributed by atoms with E-state index in [1.165, 1.54) is 12.0 Å². The van der Waals surface area contributed by atoms with E-state index in [1.54, 1.807) is 12.3 Å². The van der Waals surface area contributed by atoms with Gasteiger partial charge in [-0.25, -0.2) is 9.97 Å². The summed E-state index contributed by atoms with van der Waals surface area (Å²) < 4.78 is 15.9. The Bertz CT molecular complexity index is 1040. The molecular weight excluding hydrogens is 460 g/mol. The van der Waals surface area contributed by atoms with Gasteiger partial charge in [-0.1, -0.05) is 30.7 Å². The summed E-state index contributed by atoms with van der Waals surface area (Å²) in [5.74, 6) is -0.251. The van der Waals surface area contributed by atoms with Gasteiger partial charge in [0.05, 0.1) is 36.7 Å². The topological polar surface area (TPSA) is 103 Å². The molecule has 0 radical (unpaired) electrons. The van der Waals surface area contributed by atoms with E-state index < -0.39 is 5.97 Å². The van der Waals surface area contributed by atoms with E-state index in [9.17, 15) is 9.59 Å². The maximum atomic E-state index is 13.3. The zero-order chi connectivity index (χ0) is 24.1. The lowest BCUT2D eigenvalue weighted by Gasteiger charge is -2.24. The second-order valence-electron chi connectivity index (χ2n) is 8.32. The minimum absolute atomic E-state index is 0.146. The number of amides is 1. The second-order valence-corrected chi connectivity index (χ2v) is 8.73. The van der Waals surface area contributed by atoms with Gasteiger partial charge in [0.2, 0.25) is 5.95 Å². The van der Waals surface area contributed by atoms with Crippen LogP contribution in [0.4, 0.5) is 5.95 Å². The molecule has 1 N–H and O–H groups in total. The number of nitrogens with one attached hydrogen (secondary N) is 1. The number of carbonyl (C=O) groups excluding carboxylic acids is 2. The Balaban J connectivity index is 1.62. The lowest BCUT2D eigenvalue weighted by Crippen LogP contribution is -2.35. The molecule has 1 atom stereocenters. The van der Waals surface area contributed by atoms with E-state index in [1.807, 2.05) is 19.1 Å². The zero-order valence-electron chi connectivity index (χ0n) is 19.4. The van der Waals surface area contributed by atoms with Gasteiger partial charge >= 0.3 is 5.97 Å². The van der Waals surface area contributed by atoms with Crippen LogP contribution in [0, 0.1) is 0 Å². The van der Waals surface area contributed by atoms with Crippen LogP contribution in [0.3, 0.4) is 0 Å². The normalized spacial score (nSPS) is 18.1. The fourth-order valence-electron chi connectivity index (χ4n) is 4.21. The van der Waals surface area contributed by atoms with Gasteiger partial charge in [-0.3, -0.25) is 9.59 Å². The third kappa shape index (κ3) is 5.32. The molecule has 0 bridgehead atoms. The molecule has 0 spiro atoms. The molecule has 0 saturated carbocycles. The van der Waals surface area contributed by atoms with Gasteiger partial charge in [0, 0.05) is 37.0 Å². The van der Waals surface area contributed by atoms with Crippen LogP contribution in [0.2, 0.25) is 5.02 Å². The number of hydrogen-bond donors (Lipinski definition) is 1. The standard InChI is InChI=1S/C24H29ClN4O5/c1-3-8-34-14-20-17-5-4-15(11-18(17)23(31)29(20)13-21(30)32-2)22-19(25)12-26-24(28-22)27-16-6-9-33-10-7-16/h4-5,11-12,16,20H,3,6-10,13-14H2,1-2H3,(H,26,27,28). The van der Waals surface area contributed by atoms with Gasteiger partial charge in [0.15, 0.2) is 0 Å². The number of aromatic nitrogens is 2. The summed E-state index contributed by atoms with van der Waals surface area (Å²) in [5, 5.41) is 3.73. The van der Waals surface area contributed by atoms with Crippen molar-refractivity contribution < 1.29 is 23.8 Å². The number of rotatable bonds is 9.